The Labute approximate surface area is 234 Å². The molecular weight excluding hydrogens is 523 g/mol. The van der Waals surface area contributed by atoms with Gasteiger partial charge in [-0.25, -0.2) is 0 Å². The fraction of sp³-hybridized carbons (Fsp3) is 0.333. The first-order chi connectivity index (χ1) is 17.7. The smallest absolute Gasteiger partial charge is 0.243 e. The Hall–Kier alpha value is -2.47. The maximum atomic E-state index is 13.7. The van der Waals surface area contributed by atoms with Crippen LogP contribution in [0.2, 0.25) is 10.0 Å². The minimum atomic E-state index is -0.681. The zero-order valence-corrected chi connectivity index (χ0v) is 23.9. The number of carbonyl (C=O) groups excluding carboxylic acids is 2. The number of rotatable bonds is 12. The van der Waals surface area contributed by atoms with E-state index in [1.807, 2.05) is 62.4 Å². The minimum Gasteiger partial charge on any atom is -0.354 e. The Kier molecular flexibility index (Phi) is 11.4. The van der Waals surface area contributed by atoms with E-state index in [1.54, 1.807) is 28.8 Å². The fourth-order valence-electron chi connectivity index (χ4n) is 3.91. The van der Waals surface area contributed by atoms with Gasteiger partial charge in [0.1, 0.15) is 6.04 Å². The summed E-state index contributed by atoms with van der Waals surface area (Å²) in [6, 6.07) is 22.5. The van der Waals surface area contributed by atoms with E-state index < -0.39 is 6.04 Å². The minimum absolute atomic E-state index is 0.106. The number of amides is 2. The van der Waals surface area contributed by atoms with Gasteiger partial charge in [-0.15, -0.1) is 11.8 Å². The molecule has 0 aliphatic rings. The van der Waals surface area contributed by atoms with E-state index in [0.29, 0.717) is 28.9 Å². The van der Waals surface area contributed by atoms with Crippen molar-refractivity contribution in [2.45, 2.75) is 45.5 Å². The summed E-state index contributed by atoms with van der Waals surface area (Å²) >= 11 is 14.2. The average Bonchev–Trinajstić information content (AvgIpc) is 2.87. The molecule has 3 aromatic rings. The zero-order chi connectivity index (χ0) is 26.8. The van der Waals surface area contributed by atoms with Gasteiger partial charge in [0.15, 0.2) is 0 Å². The first-order valence-corrected chi connectivity index (χ1v) is 14.3. The van der Waals surface area contributed by atoms with Crippen molar-refractivity contribution in [2.75, 3.05) is 12.3 Å². The molecule has 0 bridgehead atoms. The second-order valence-electron chi connectivity index (χ2n) is 9.52. The van der Waals surface area contributed by atoms with Gasteiger partial charge in [-0.1, -0.05) is 97.7 Å². The molecule has 0 saturated carbocycles. The summed E-state index contributed by atoms with van der Waals surface area (Å²) in [5.41, 5.74) is 4.13. The number of aryl methyl sites for hydroxylation is 1. The quantitative estimate of drug-likeness (QED) is 0.262. The van der Waals surface area contributed by atoms with Crippen molar-refractivity contribution < 1.29 is 9.59 Å². The van der Waals surface area contributed by atoms with Crippen LogP contribution in [0.25, 0.3) is 0 Å². The second kappa shape index (κ2) is 14.5. The Balaban J connectivity index is 1.88. The van der Waals surface area contributed by atoms with E-state index >= 15 is 0 Å². The first-order valence-electron chi connectivity index (χ1n) is 12.4. The molecule has 0 fully saturated rings. The highest BCUT2D eigenvalue weighted by molar-refractivity contribution is 7.99. The monoisotopic (exact) mass is 556 g/mol. The molecule has 0 heterocycles. The molecule has 3 aromatic carbocycles. The van der Waals surface area contributed by atoms with E-state index in [1.165, 1.54) is 11.1 Å². The predicted molar refractivity (Wildman–Crippen MR) is 156 cm³/mol. The third-order valence-corrected chi connectivity index (χ3v) is 7.61. The molecule has 196 valence electrons. The summed E-state index contributed by atoms with van der Waals surface area (Å²) in [7, 11) is 0. The Morgan fingerprint density at radius 2 is 1.65 bits per heavy atom. The second-order valence-corrected chi connectivity index (χ2v) is 11.4. The molecule has 0 aliphatic carbocycles. The molecule has 0 aromatic heterocycles. The molecule has 0 unspecified atom stereocenters. The molecule has 0 aliphatic heterocycles. The summed E-state index contributed by atoms with van der Waals surface area (Å²) in [5, 5.41) is 4.04. The number of nitrogens with one attached hydrogen (secondary N) is 1. The van der Waals surface area contributed by atoms with Crippen molar-refractivity contribution in [3.05, 3.63) is 105 Å². The van der Waals surface area contributed by atoms with Crippen LogP contribution in [-0.4, -0.2) is 35.1 Å². The van der Waals surface area contributed by atoms with Crippen LogP contribution < -0.4 is 5.32 Å². The molecule has 0 radical (unpaired) electrons. The lowest BCUT2D eigenvalue weighted by Gasteiger charge is -2.32. The topological polar surface area (TPSA) is 49.4 Å². The molecule has 3 rings (SSSR count). The number of hydrogen-bond acceptors (Lipinski definition) is 3. The van der Waals surface area contributed by atoms with Gasteiger partial charge in [-0.3, -0.25) is 9.59 Å². The Bertz CT molecular complexity index is 1190. The summed E-state index contributed by atoms with van der Waals surface area (Å²) in [6.07, 6.45) is 0.407. The van der Waals surface area contributed by atoms with E-state index in [0.717, 1.165) is 16.9 Å². The highest BCUT2D eigenvalue weighted by Crippen LogP contribution is 2.25. The highest BCUT2D eigenvalue weighted by atomic mass is 35.5. The molecule has 2 amide bonds. The molecule has 7 heteroatoms. The number of carbonyl (C=O) groups is 2. The lowest BCUT2D eigenvalue weighted by atomic mass is 10.0. The van der Waals surface area contributed by atoms with Gasteiger partial charge in [-0.2, -0.15) is 0 Å². The predicted octanol–water partition coefficient (Wildman–Crippen LogP) is 6.95. The molecule has 0 saturated heterocycles. The molecule has 37 heavy (non-hydrogen) atoms. The lowest BCUT2D eigenvalue weighted by Crippen LogP contribution is -2.51. The van der Waals surface area contributed by atoms with Gasteiger partial charge in [0.2, 0.25) is 11.8 Å². The average molecular weight is 558 g/mol. The fourth-order valence-corrected chi connectivity index (χ4v) is 5.37. The summed E-state index contributed by atoms with van der Waals surface area (Å²) in [4.78, 5) is 28.9. The van der Waals surface area contributed by atoms with Crippen molar-refractivity contribution in [1.82, 2.24) is 10.2 Å². The number of nitrogens with zero attached hydrogens (tertiary/aromatic N) is 1. The summed E-state index contributed by atoms with van der Waals surface area (Å²) in [5.74, 6) is 0.991. The third kappa shape index (κ3) is 9.10. The standard InChI is InChI=1S/C30H34Cl2N2O2S/c1-21(2)17-33-30(36)28(15-23-10-5-4-6-11-23)34(18-24-13-14-26(31)16-27(24)32)29(35)20-37-19-25-12-8-7-9-22(25)3/h4-14,16,21,28H,15,17-20H2,1-3H3,(H,33,36)/t28-/m1/s1. The van der Waals surface area contributed by atoms with Crippen molar-refractivity contribution in [3.8, 4) is 0 Å². The molecule has 1 atom stereocenters. The SMILES string of the molecule is Cc1ccccc1CSCC(=O)N(Cc1ccc(Cl)cc1Cl)[C@H](Cc1ccccc1)C(=O)NCC(C)C. The van der Waals surface area contributed by atoms with Crippen molar-refractivity contribution in [1.29, 1.82) is 0 Å². The Morgan fingerprint density at radius 1 is 0.946 bits per heavy atom. The van der Waals surface area contributed by atoms with Crippen LogP contribution in [0.5, 0.6) is 0 Å². The van der Waals surface area contributed by atoms with Gasteiger partial charge in [-0.05, 0) is 47.2 Å². The van der Waals surface area contributed by atoms with E-state index in [4.69, 9.17) is 23.2 Å². The van der Waals surface area contributed by atoms with Crippen molar-refractivity contribution in [3.63, 3.8) is 0 Å². The van der Waals surface area contributed by atoms with E-state index in [2.05, 4.69) is 24.4 Å². The van der Waals surface area contributed by atoms with Crippen LogP contribution in [0.4, 0.5) is 0 Å². The normalized spacial score (nSPS) is 11.8. The van der Waals surface area contributed by atoms with Crippen LogP contribution in [-0.2, 0) is 28.3 Å². The summed E-state index contributed by atoms with van der Waals surface area (Å²) < 4.78 is 0. The molecule has 1 N–H and O–H groups in total. The van der Waals surface area contributed by atoms with Gasteiger partial charge >= 0.3 is 0 Å². The van der Waals surface area contributed by atoms with E-state index in [-0.39, 0.29) is 24.1 Å². The van der Waals surface area contributed by atoms with Crippen LogP contribution in [0, 0.1) is 12.8 Å². The Morgan fingerprint density at radius 3 is 2.32 bits per heavy atom. The van der Waals surface area contributed by atoms with Crippen LogP contribution in [0.15, 0.2) is 72.8 Å². The van der Waals surface area contributed by atoms with Crippen LogP contribution in [0.1, 0.15) is 36.1 Å². The first kappa shape index (κ1) is 29.1. The molecule has 4 nitrogen and oxygen atoms in total. The van der Waals surface area contributed by atoms with E-state index in [9.17, 15) is 9.59 Å². The van der Waals surface area contributed by atoms with Crippen LogP contribution in [0.3, 0.4) is 0 Å². The third-order valence-electron chi connectivity index (χ3n) is 6.06. The number of hydrogen-bond donors (Lipinski definition) is 1. The van der Waals surface area contributed by atoms with Crippen LogP contribution >= 0.6 is 35.0 Å². The number of halogens is 2. The number of thioether (sulfide) groups is 1. The maximum absolute atomic E-state index is 13.7. The zero-order valence-electron chi connectivity index (χ0n) is 21.5. The molecule has 0 spiro atoms. The largest absolute Gasteiger partial charge is 0.354 e. The summed E-state index contributed by atoms with van der Waals surface area (Å²) in [6.45, 7) is 6.92. The van der Waals surface area contributed by atoms with Gasteiger partial charge in [0.05, 0.1) is 5.75 Å². The highest BCUT2D eigenvalue weighted by Gasteiger charge is 2.30. The molecular formula is C30H34Cl2N2O2S. The van der Waals surface area contributed by atoms with Gasteiger partial charge < -0.3 is 10.2 Å². The van der Waals surface area contributed by atoms with Gasteiger partial charge in [0.25, 0.3) is 0 Å². The van der Waals surface area contributed by atoms with Gasteiger partial charge in [0, 0.05) is 35.3 Å². The lowest BCUT2D eigenvalue weighted by molar-refractivity contribution is -0.139. The number of benzene rings is 3. The maximum Gasteiger partial charge on any atom is 0.243 e. The van der Waals surface area contributed by atoms with Crippen molar-refractivity contribution in [2.24, 2.45) is 5.92 Å². The van der Waals surface area contributed by atoms with Crippen molar-refractivity contribution >= 4 is 46.8 Å².